The maximum absolute atomic E-state index is 13.1. The van der Waals surface area contributed by atoms with E-state index < -0.39 is 68.1 Å². The van der Waals surface area contributed by atoms with Crippen molar-refractivity contribution in [3.05, 3.63) is 0 Å². The van der Waals surface area contributed by atoms with E-state index in [1.807, 2.05) is 0 Å². The van der Waals surface area contributed by atoms with Crippen LogP contribution in [0.2, 0.25) is 13.1 Å². The number of halogens is 18. The smallest absolute Gasteiger partial charge is 0.237 e. The molecule has 0 spiro atoms. The van der Waals surface area contributed by atoms with Gasteiger partial charge in [-0.1, -0.05) is 13.1 Å². The van der Waals surface area contributed by atoms with E-state index in [1.54, 1.807) is 0 Å². The lowest BCUT2D eigenvalue weighted by Gasteiger charge is -2.45. The van der Waals surface area contributed by atoms with Crippen molar-refractivity contribution < 1.29 is 74.6 Å². The molecule has 0 aromatic rings. The van der Waals surface area contributed by atoms with Gasteiger partial charge < -0.3 is 0 Å². The van der Waals surface area contributed by atoms with Crippen LogP contribution in [0.4, 0.5) is 74.6 Å². The van der Waals surface area contributed by atoms with E-state index in [4.69, 9.17) is 11.1 Å². The molecule has 0 amide bonds. The van der Waals surface area contributed by atoms with Gasteiger partial charge >= 0.3 is 41.5 Å². The monoisotopic (exact) mass is 540 g/mol. The van der Waals surface area contributed by atoms with Crippen LogP contribution < -0.4 is 0 Å². The molecule has 0 aromatic heterocycles. The molecule has 0 saturated heterocycles. The van der Waals surface area contributed by atoms with E-state index in [-0.39, 0.29) is 0 Å². The molecule has 1 rings (SSSR count). The molecule has 0 bridgehead atoms. The fourth-order valence-electron chi connectivity index (χ4n) is 1.91. The standard InChI is InChI=1S/C10H3F17.C2H7ClSi/c11-1-2(12)5(16,17)7(20,21)9(24,25)10(26,27)8(22,23)6(18,19)3(13)4(1,14)15;1-4(2)3/h1-3H;4H,1-2H3. The van der Waals surface area contributed by atoms with Gasteiger partial charge in [0, 0.05) is 0 Å². The highest BCUT2D eigenvalue weighted by Gasteiger charge is 2.94. The number of hydrogen-bond donors (Lipinski definition) is 0. The van der Waals surface area contributed by atoms with E-state index >= 15 is 0 Å². The van der Waals surface area contributed by atoms with E-state index in [0.29, 0.717) is 0 Å². The van der Waals surface area contributed by atoms with Crippen molar-refractivity contribution in [3.63, 3.8) is 0 Å². The van der Waals surface area contributed by atoms with Crippen molar-refractivity contribution in [2.75, 3.05) is 0 Å². The van der Waals surface area contributed by atoms with Gasteiger partial charge in [0.25, 0.3) is 0 Å². The zero-order chi connectivity index (χ0) is 25.8. The average molecular weight is 541 g/mol. The van der Waals surface area contributed by atoms with Crippen molar-refractivity contribution in [3.8, 4) is 0 Å². The highest BCUT2D eigenvalue weighted by Crippen LogP contribution is 2.63. The predicted molar refractivity (Wildman–Crippen MR) is 74.0 cm³/mol. The van der Waals surface area contributed by atoms with Crippen LogP contribution in [0, 0.1) is 0 Å². The molecule has 0 N–H and O–H groups in total. The second-order valence-electron chi connectivity index (χ2n) is 6.40. The normalized spacial score (nSPS) is 34.9. The lowest BCUT2D eigenvalue weighted by molar-refractivity contribution is -0.446. The molecule has 3 unspecified atom stereocenters. The molecule has 0 nitrogen and oxygen atoms in total. The molecule has 1 fully saturated rings. The third kappa shape index (κ3) is 4.18. The van der Waals surface area contributed by atoms with Crippen molar-refractivity contribution >= 4 is 19.2 Å². The summed E-state index contributed by atoms with van der Waals surface area (Å²) in [4.78, 5) is 0. The molecular formula is C12H10ClF17Si. The van der Waals surface area contributed by atoms with Crippen LogP contribution in [0.15, 0.2) is 0 Å². The van der Waals surface area contributed by atoms with Crippen LogP contribution in [0.5, 0.6) is 0 Å². The Morgan fingerprint density at radius 1 is 0.516 bits per heavy atom. The third-order valence-electron chi connectivity index (χ3n) is 3.65. The average Bonchev–Trinajstić information content (AvgIpc) is 2.57. The van der Waals surface area contributed by atoms with Gasteiger partial charge in [0.1, 0.15) is 8.11 Å². The van der Waals surface area contributed by atoms with Crippen LogP contribution in [0.1, 0.15) is 0 Å². The van der Waals surface area contributed by atoms with Crippen LogP contribution >= 0.6 is 11.1 Å². The summed E-state index contributed by atoms with van der Waals surface area (Å²) >= 11 is 5.41. The number of rotatable bonds is 0. The molecule has 3 atom stereocenters. The molecule has 0 aliphatic heterocycles. The second-order valence-corrected chi connectivity index (χ2v) is 11.0. The van der Waals surface area contributed by atoms with Crippen LogP contribution in [0.3, 0.4) is 0 Å². The summed E-state index contributed by atoms with van der Waals surface area (Å²) in [5.74, 6) is -55.3. The van der Waals surface area contributed by atoms with Crippen molar-refractivity contribution in [2.45, 2.75) is 73.1 Å². The third-order valence-corrected chi connectivity index (χ3v) is 3.65. The fourth-order valence-corrected chi connectivity index (χ4v) is 1.91. The Labute approximate surface area is 168 Å². The van der Waals surface area contributed by atoms with E-state index in [0.717, 1.165) is 0 Å². The molecule has 19 heteroatoms. The first-order valence-electron chi connectivity index (χ1n) is 7.41. The molecule has 0 aromatic carbocycles. The minimum atomic E-state index is -8.33. The van der Waals surface area contributed by atoms with Crippen molar-refractivity contribution in [2.24, 2.45) is 0 Å². The Kier molecular flexibility index (Phi) is 8.09. The quantitative estimate of drug-likeness (QED) is 0.183. The summed E-state index contributed by atoms with van der Waals surface area (Å²) in [6, 6.07) is 0. The first-order valence-corrected chi connectivity index (χ1v) is 11.5. The number of hydrogen-bond acceptors (Lipinski definition) is 0. The predicted octanol–water partition coefficient (Wildman–Crippen LogP) is 6.67. The molecule has 1 aliphatic carbocycles. The van der Waals surface area contributed by atoms with E-state index in [9.17, 15) is 74.6 Å². The molecule has 188 valence electrons. The summed E-state index contributed by atoms with van der Waals surface area (Å²) in [6.45, 7) is 4.14. The van der Waals surface area contributed by atoms with Crippen LogP contribution in [-0.2, 0) is 0 Å². The maximum Gasteiger partial charge on any atom is 0.384 e. The van der Waals surface area contributed by atoms with Crippen molar-refractivity contribution in [1.29, 1.82) is 0 Å². The van der Waals surface area contributed by atoms with Crippen LogP contribution in [0.25, 0.3) is 0 Å². The molecule has 1 saturated carbocycles. The van der Waals surface area contributed by atoms with Gasteiger partial charge in [-0.3, -0.25) is 0 Å². The van der Waals surface area contributed by atoms with Gasteiger partial charge in [0.15, 0.2) is 0 Å². The first-order chi connectivity index (χ1) is 13.2. The second kappa shape index (κ2) is 8.27. The van der Waals surface area contributed by atoms with Gasteiger partial charge in [-0.15, -0.1) is 0 Å². The van der Waals surface area contributed by atoms with Gasteiger partial charge in [0.05, 0.1) is 0 Å². The Morgan fingerprint density at radius 2 is 0.774 bits per heavy atom. The zero-order valence-electron chi connectivity index (χ0n) is 14.6. The summed E-state index contributed by atoms with van der Waals surface area (Å²) in [6.07, 6.45) is -18.1. The van der Waals surface area contributed by atoms with Gasteiger partial charge in [-0.05, 0) is 0 Å². The Morgan fingerprint density at radius 3 is 1.06 bits per heavy atom. The zero-order valence-corrected chi connectivity index (χ0v) is 16.5. The summed E-state index contributed by atoms with van der Waals surface area (Å²) in [7, 11) is -0.667. The largest absolute Gasteiger partial charge is 0.384 e. The minimum Gasteiger partial charge on any atom is -0.237 e. The summed E-state index contributed by atoms with van der Waals surface area (Å²) < 4.78 is 222. The molecular weight excluding hydrogens is 531 g/mol. The van der Waals surface area contributed by atoms with Crippen LogP contribution in [-0.4, -0.2) is 68.1 Å². The lowest BCUT2D eigenvalue weighted by atomic mass is 9.82. The Bertz CT molecular complexity index is 630. The number of alkyl halides is 17. The fraction of sp³-hybridized carbons (Fsp3) is 1.00. The highest BCUT2D eigenvalue weighted by molar-refractivity contribution is 7.05. The first kappa shape index (κ1) is 30.3. The minimum absolute atomic E-state index is 0.667. The van der Waals surface area contributed by atoms with Gasteiger partial charge in [0.2, 0.25) is 18.5 Å². The topological polar surface area (TPSA) is 0 Å². The lowest BCUT2D eigenvalue weighted by Crippen LogP contribution is -2.76. The molecule has 0 heterocycles. The van der Waals surface area contributed by atoms with Gasteiger partial charge in [-0.2, -0.15) is 72.5 Å². The Balaban J connectivity index is 0.00000206. The SMILES string of the molecule is C[SiH](C)Cl.FC1C(F)C(F)(F)C(F)(F)C(F)(F)C(F)(F)C(F)(F)C(F)(F)C(F)C1(F)F. The summed E-state index contributed by atoms with van der Waals surface area (Å²) in [5, 5.41) is 0. The highest BCUT2D eigenvalue weighted by atomic mass is 35.6. The van der Waals surface area contributed by atoms with Crippen molar-refractivity contribution in [1.82, 2.24) is 0 Å². The maximum atomic E-state index is 13.1. The summed E-state index contributed by atoms with van der Waals surface area (Å²) in [5.41, 5.74) is 0. The Hall–Kier alpha value is -0.683. The van der Waals surface area contributed by atoms with Gasteiger partial charge in [-0.25, -0.2) is 13.2 Å². The van der Waals surface area contributed by atoms with E-state index in [2.05, 4.69) is 13.1 Å². The molecule has 0 radical (unpaired) electrons. The molecule has 31 heavy (non-hydrogen) atoms. The van der Waals surface area contributed by atoms with E-state index in [1.165, 1.54) is 0 Å². The molecule has 1 aliphatic rings.